The van der Waals surface area contributed by atoms with Crippen LogP contribution in [0.5, 0.6) is 0 Å². The number of hydrogen-bond donors (Lipinski definition) is 0. The normalized spacial score (nSPS) is 21.0. The van der Waals surface area contributed by atoms with Crippen molar-refractivity contribution in [1.82, 2.24) is 4.90 Å². The monoisotopic (exact) mass is 497 g/mol. The van der Waals surface area contributed by atoms with Crippen molar-refractivity contribution >= 4 is 23.8 Å². The zero-order valence-corrected chi connectivity index (χ0v) is 22.7. The topological polar surface area (TPSA) is 99.2 Å². The summed E-state index contributed by atoms with van der Waals surface area (Å²) in [5, 5.41) is 0. The zero-order valence-electron chi connectivity index (χ0n) is 22.7. The third-order valence-corrected chi connectivity index (χ3v) is 6.93. The summed E-state index contributed by atoms with van der Waals surface area (Å²) in [7, 11) is 0. The Morgan fingerprint density at radius 1 is 0.771 bits per heavy atom. The summed E-state index contributed by atoms with van der Waals surface area (Å²) in [5.41, 5.74) is 0. The lowest BCUT2D eigenvalue weighted by molar-refractivity contribution is -0.194. The van der Waals surface area contributed by atoms with Gasteiger partial charge in [0.1, 0.15) is 24.9 Å². The number of amides is 1. The number of rotatable bonds is 17. The minimum absolute atomic E-state index is 0.0306. The van der Waals surface area contributed by atoms with Crippen molar-refractivity contribution in [3.8, 4) is 0 Å². The first-order chi connectivity index (χ1) is 16.6. The second-order valence-corrected chi connectivity index (χ2v) is 9.88. The molecule has 1 fully saturated rings. The number of carbonyl (C=O) groups is 4. The third-order valence-electron chi connectivity index (χ3n) is 6.93. The summed E-state index contributed by atoms with van der Waals surface area (Å²) in [6.45, 7) is 9.97. The van der Waals surface area contributed by atoms with Gasteiger partial charge in [-0.2, -0.15) is 0 Å². The zero-order chi connectivity index (χ0) is 26.4. The van der Waals surface area contributed by atoms with Crippen LogP contribution in [0.1, 0.15) is 112 Å². The molecule has 0 aromatic carbocycles. The predicted octanol–water partition coefficient (Wildman–Crippen LogP) is 4.96. The Hall–Kier alpha value is -2.12. The van der Waals surface area contributed by atoms with Crippen molar-refractivity contribution in [1.29, 1.82) is 0 Å². The van der Waals surface area contributed by atoms with Gasteiger partial charge in [-0.3, -0.25) is 19.2 Å². The van der Waals surface area contributed by atoms with E-state index in [0.29, 0.717) is 5.92 Å². The molecule has 5 atom stereocenters. The quantitative estimate of drug-likeness (QED) is 0.159. The number of likely N-dealkylation sites (tertiary alicyclic amines) is 1. The van der Waals surface area contributed by atoms with Crippen LogP contribution in [0.3, 0.4) is 0 Å². The van der Waals surface area contributed by atoms with Crippen LogP contribution in [0.2, 0.25) is 0 Å². The Kier molecular flexibility index (Phi) is 14.6. The second-order valence-electron chi connectivity index (χ2n) is 9.88. The molecule has 0 spiro atoms. The highest BCUT2D eigenvalue weighted by atomic mass is 16.6. The van der Waals surface area contributed by atoms with Gasteiger partial charge < -0.3 is 19.1 Å². The molecule has 8 heteroatoms. The summed E-state index contributed by atoms with van der Waals surface area (Å²) >= 11 is 0. The first kappa shape index (κ1) is 30.9. The minimum Gasteiger partial charge on any atom is -0.464 e. The first-order valence-electron chi connectivity index (χ1n) is 13.3. The van der Waals surface area contributed by atoms with Crippen molar-refractivity contribution in [2.75, 3.05) is 6.61 Å². The van der Waals surface area contributed by atoms with Gasteiger partial charge in [0.05, 0.1) is 6.04 Å². The molecule has 1 aliphatic heterocycles. The van der Waals surface area contributed by atoms with E-state index >= 15 is 0 Å². The molecule has 35 heavy (non-hydrogen) atoms. The molecule has 1 aliphatic rings. The number of unbranched alkanes of at least 4 members (excludes halogenated alkanes) is 7. The van der Waals surface area contributed by atoms with Crippen LogP contribution in [0.15, 0.2) is 0 Å². The van der Waals surface area contributed by atoms with Crippen LogP contribution < -0.4 is 0 Å². The van der Waals surface area contributed by atoms with E-state index in [4.69, 9.17) is 14.2 Å². The molecule has 0 saturated carbocycles. The molecule has 1 heterocycles. The lowest BCUT2D eigenvalue weighted by atomic mass is 9.85. The summed E-state index contributed by atoms with van der Waals surface area (Å²) < 4.78 is 16.0. The van der Waals surface area contributed by atoms with Crippen molar-refractivity contribution in [3.63, 3.8) is 0 Å². The fourth-order valence-corrected chi connectivity index (χ4v) is 4.91. The number of hydrogen-bond acceptors (Lipinski definition) is 7. The van der Waals surface area contributed by atoms with Gasteiger partial charge >= 0.3 is 17.9 Å². The molecular weight excluding hydrogens is 450 g/mol. The van der Waals surface area contributed by atoms with Gasteiger partial charge in [-0.15, -0.1) is 0 Å². The SMILES string of the molecule is CC[C@H](C)[C@H](CCCCCCCCCC[C@H]1[C@@H](OC(C)=O)[C@@H](COC(C)=O)N1C(C)=O)OC(C)=O. The Labute approximate surface area is 211 Å². The highest BCUT2D eigenvalue weighted by Crippen LogP contribution is 2.33. The standard InChI is InChI=1S/C27H47NO7/c1-7-19(2)26(34-22(5)31)17-15-13-11-9-8-10-12-14-16-24-27(35-23(6)32)25(18-33-21(4)30)28(24)20(3)29/h19,24-27H,7-18H2,1-6H3/t19-,24-,25+,26-,27+/m0/s1. The molecule has 0 N–H and O–H groups in total. The van der Waals surface area contributed by atoms with Crippen LogP contribution in [-0.2, 0) is 33.4 Å². The highest BCUT2D eigenvalue weighted by molar-refractivity contribution is 5.76. The fraction of sp³-hybridized carbons (Fsp3) is 0.852. The van der Waals surface area contributed by atoms with Crippen molar-refractivity contribution < 1.29 is 33.4 Å². The molecule has 1 rings (SSSR count). The van der Waals surface area contributed by atoms with E-state index < -0.39 is 18.1 Å². The molecule has 202 valence electrons. The van der Waals surface area contributed by atoms with Crippen molar-refractivity contribution in [3.05, 3.63) is 0 Å². The van der Waals surface area contributed by atoms with Crippen LogP contribution in [-0.4, -0.2) is 59.6 Å². The van der Waals surface area contributed by atoms with E-state index in [2.05, 4.69) is 13.8 Å². The van der Waals surface area contributed by atoms with E-state index in [9.17, 15) is 19.2 Å². The van der Waals surface area contributed by atoms with Crippen LogP contribution >= 0.6 is 0 Å². The summed E-state index contributed by atoms with van der Waals surface area (Å²) in [6.07, 6.45) is 11.2. The van der Waals surface area contributed by atoms with Gasteiger partial charge in [0.2, 0.25) is 5.91 Å². The predicted molar refractivity (Wildman–Crippen MR) is 133 cm³/mol. The first-order valence-corrected chi connectivity index (χ1v) is 13.3. The Morgan fingerprint density at radius 2 is 1.34 bits per heavy atom. The lowest BCUT2D eigenvalue weighted by Gasteiger charge is -2.53. The molecule has 0 radical (unpaired) electrons. The van der Waals surface area contributed by atoms with Crippen LogP contribution in [0.25, 0.3) is 0 Å². The number of esters is 3. The molecule has 8 nitrogen and oxygen atoms in total. The summed E-state index contributed by atoms with van der Waals surface area (Å²) in [4.78, 5) is 47.9. The van der Waals surface area contributed by atoms with Gasteiger partial charge in [-0.25, -0.2) is 0 Å². The average Bonchev–Trinajstić information content (AvgIpc) is 2.76. The van der Waals surface area contributed by atoms with Gasteiger partial charge in [-0.1, -0.05) is 65.2 Å². The Bertz CT molecular complexity index is 680. The van der Waals surface area contributed by atoms with Crippen molar-refractivity contribution in [2.24, 2.45) is 5.92 Å². The van der Waals surface area contributed by atoms with E-state index in [-0.39, 0.29) is 36.6 Å². The maximum Gasteiger partial charge on any atom is 0.303 e. The minimum atomic E-state index is -0.429. The molecule has 1 saturated heterocycles. The van der Waals surface area contributed by atoms with Gasteiger partial charge in [0.25, 0.3) is 0 Å². The van der Waals surface area contributed by atoms with Crippen LogP contribution in [0, 0.1) is 5.92 Å². The number of ether oxygens (including phenoxy) is 3. The Morgan fingerprint density at radius 3 is 1.83 bits per heavy atom. The second kappa shape index (κ2) is 16.5. The molecule has 0 aromatic heterocycles. The molecular formula is C27H47NO7. The fourth-order valence-electron chi connectivity index (χ4n) is 4.91. The largest absolute Gasteiger partial charge is 0.464 e. The van der Waals surface area contributed by atoms with Crippen LogP contribution in [0.4, 0.5) is 0 Å². The van der Waals surface area contributed by atoms with E-state index in [1.54, 1.807) is 4.90 Å². The van der Waals surface area contributed by atoms with Gasteiger partial charge in [0.15, 0.2) is 0 Å². The molecule has 0 aromatic rings. The third kappa shape index (κ3) is 11.4. The summed E-state index contributed by atoms with van der Waals surface area (Å²) in [5.74, 6) is -0.703. The maximum absolute atomic E-state index is 12.2. The molecule has 0 aliphatic carbocycles. The number of carbonyl (C=O) groups excluding carboxylic acids is 4. The molecule has 1 amide bonds. The van der Waals surface area contributed by atoms with E-state index in [1.807, 2.05) is 0 Å². The van der Waals surface area contributed by atoms with Crippen molar-refractivity contribution in [2.45, 2.75) is 136 Å². The van der Waals surface area contributed by atoms with Gasteiger partial charge in [0, 0.05) is 27.7 Å². The highest BCUT2D eigenvalue weighted by Gasteiger charge is 2.52. The van der Waals surface area contributed by atoms with E-state index in [1.165, 1.54) is 47.0 Å². The maximum atomic E-state index is 12.2. The summed E-state index contributed by atoms with van der Waals surface area (Å²) in [6, 6.07) is -0.571. The smallest absolute Gasteiger partial charge is 0.303 e. The Balaban J connectivity index is 2.28. The average molecular weight is 498 g/mol. The number of nitrogens with zero attached hydrogens (tertiary/aromatic N) is 1. The lowest BCUT2D eigenvalue weighted by Crippen LogP contribution is -2.71. The molecule has 0 unspecified atom stereocenters. The van der Waals surface area contributed by atoms with Gasteiger partial charge in [-0.05, 0) is 25.2 Å². The molecule has 0 bridgehead atoms. The van der Waals surface area contributed by atoms with E-state index in [0.717, 1.165) is 51.4 Å².